The van der Waals surface area contributed by atoms with Gasteiger partial charge in [0.15, 0.2) is 0 Å². The number of nitrogens with zero attached hydrogens (tertiary/aromatic N) is 5. The second-order valence-electron chi connectivity index (χ2n) is 8.90. The minimum absolute atomic E-state index is 0.222. The Morgan fingerprint density at radius 1 is 1.08 bits per heavy atom. The van der Waals surface area contributed by atoms with Crippen LogP contribution in [0.4, 0.5) is 10.2 Å². The molecule has 7 nitrogen and oxygen atoms in total. The number of amides is 1. The molecule has 4 heterocycles. The third-order valence-corrected chi connectivity index (χ3v) is 7.89. The average molecular weight is 524 g/mol. The molecule has 36 heavy (non-hydrogen) atoms. The number of rotatable bonds is 5. The number of carbonyl (C=O) groups excluding carboxylic acids is 1. The van der Waals surface area contributed by atoms with Gasteiger partial charge in [0.05, 0.1) is 17.0 Å². The van der Waals surface area contributed by atoms with Gasteiger partial charge in [-0.25, -0.2) is 9.37 Å². The van der Waals surface area contributed by atoms with Crippen LogP contribution in [0.1, 0.15) is 23.6 Å². The Hall–Kier alpha value is -3.08. The van der Waals surface area contributed by atoms with E-state index in [2.05, 4.69) is 16.7 Å². The smallest absolute Gasteiger partial charge is 0.267 e. The van der Waals surface area contributed by atoms with Crippen LogP contribution < -0.4 is 10.5 Å². The number of aromatic nitrogens is 2. The van der Waals surface area contributed by atoms with Crippen molar-refractivity contribution in [2.24, 2.45) is 0 Å². The van der Waals surface area contributed by atoms with E-state index in [1.807, 2.05) is 19.1 Å². The quantitative estimate of drug-likeness (QED) is 0.374. The van der Waals surface area contributed by atoms with Crippen molar-refractivity contribution in [2.45, 2.75) is 20.4 Å². The number of hydrogen-bond donors (Lipinski definition) is 0. The van der Waals surface area contributed by atoms with Crippen LogP contribution in [0.3, 0.4) is 0 Å². The van der Waals surface area contributed by atoms with Crippen molar-refractivity contribution in [3.8, 4) is 0 Å². The molecule has 0 radical (unpaired) electrons. The minimum Gasteiger partial charge on any atom is -0.353 e. The fourth-order valence-corrected chi connectivity index (χ4v) is 5.67. The van der Waals surface area contributed by atoms with Crippen LogP contribution in [0.15, 0.2) is 52.3 Å². The average Bonchev–Trinajstić information content (AvgIpc) is 3.14. The highest BCUT2D eigenvalue weighted by atomic mass is 32.2. The molecular weight excluding hydrogens is 497 g/mol. The molecule has 5 rings (SSSR count). The Kier molecular flexibility index (Phi) is 6.92. The van der Waals surface area contributed by atoms with Gasteiger partial charge in [-0.3, -0.25) is 18.9 Å². The molecule has 1 aromatic carbocycles. The number of piperazine rings is 1. The summed E-state index contributed by atoms with van der Waals surface area (Å²) in [6.45, 7) is 8.52. The maximum atomic E-state index is 13.7. The summed E-state index contributed by atoms with van der Waals surface area (Å²) in [5.74, 6) is -0.0240. The molecule has 0 bridgehead atoms. The van der Waals surface area contributed by atoms with Crippen molar-refractivity contribution in [2.75, 3.05) is 37.6 Å². The lowest BCUT2D eigenvalue weighted by Crippen LogP contribution is -2.47. The molecule has 1 amide bonds. The molecule has 10 heteroatoms. The molecule has 3 aromatic rings. The van der Waals surface area contributed by atoms with E-state index in [-0.39, 0.29) is 23.8 Å². The third-order valence-electron chi connectivity index (χ3n) is 6.51. The number of halogens is 1. The predicted molar refractivity (Wildman–Crippen MR) is 146 cm³/mol. The highest BCUT2D eigenvalue weighted by Crippen LogP contribution is 2.34. The van der Waals surface area contributed by atoms with Gasteiger partial charge in [-0.2, -0.15) is 0 Å². The van der Waals surface area contributed by atoms with Gasteiger partial charge < -0.3 is 9.80 Å². The van der Waals surface area contributed by atoms with Crippen LogP contribution in [-0.4, -0.2) is 62.1 Å². The molecule has 0 atom stereocenters. The molecule has 0 saturated carbocycles. The molecule has 2 fully saturated rings. The zero-order valence-electron chi connectivity index (χ0n) is 20.1. The summed E-state index contributed by atoms with van der Waals surface area (Å²) in [7, 11) is 0. The first kappa shape index (κ1) is 24.6. The zero-order chi connectivity index (χ0) is 25.4. The topological polar surface area (TPSA) is 61.2 Å². The summed E-state index contributed by atoms with van der Waals surface area (Å²) < 4.78 is 15.2. The fraction of sp³-hybridized carbons (Fsp3) is 0.308. The Balaban J connectivity index is 1.54. The molecule has 2 aliphatic heterocycles. The number of benzene rings is 1. The van der Waals surface area contributed by atoms with Gasteiger partial charge >= 0.3 is 0 Å². The Bertz CT molecular complexity index is 1430. The summed E-state index contributed by atoms with van der Waals surface area (Å²) in [5, 5.41) is 0. The Morgan fingerprint density at radius 2 is 1.81 bits per heavy atom. The molecule has 186 valence electrons. The first-order valence-electron chi connectivity index (χ1n) is 11.8. The SMILES string of the molecule is CCN1CCN(c2nc3ccc(C)cn3c(=O)c2/C=C2/SC(=S)N(Cc3ccc(F)cc3)C2=O)CC1. The van der Waals surface area contributed by atoms with Crippen LogP contribution in [-0.2, 0) is 11.3 Å². The number of likely N-dealkylation sites (N-methyl/N-ethyl adjacent to an activating group) is 1. The van der Waals surface area contributed by atoms with Crippen LogP contribution in [0, 0.1) is 12.7 Å². The number of carbonyl (C=O) groups is 1. The van der Waals surface area contributed by atoms with Gasteiger partial charge in [0, 0.05) is 32.4 Å². The number of hydrogen-bond acceptors (Lipinski definition) is 7. The monoisotopic (exact) mass is 523 g/mol. The van der Waals surface area contributed by atoms with Crippen LogP contribution >= 0.6 is 24.0 Å². The highest BCUT2D eigenvalue weighted by molar-refractivity contribution is 8.26. The fourth-order valence-electron chi connectivity index (χ4n) is 4.43. The predicted octanol–water partition coefficient (Wildman–Crippen LogP) is 3.69. The molecule has 0 spiro atoms. The molecule has 2 aliphatic rings. The van der Waals surface area contributed by atoms with Crippen molar-refractivity contribution in [3.63, 3.8) is 0 Å². The maximum absolute atomic E-state index is 13.7. The van der Waals surface area contributed by atoms with Gasteiger partial charge in [-0.15, -0.1) is 0 Å². The second-order valence-corrected chi connectivity index (χ2v) is 10.6. The van der Waals surface area contributed by atoms with E-state index in [1.54, 1.807) is 24.4 Å². The van der Waals surface area contributed by atoms with Crippen LogP contribution in [0.2, 0.25) is 0 Å². The molecule has 0 aliphatic carbocycles. The number of aryl methyl sites for hydroxylation is 1. The lowest BCUT2D eigenvalue weighted by Gasteiger charge is -2.35. The third kappa shape index (κ3) is 4.80. The second kappa shape index (κ2) is 10.1. The largest absolute Gasteiger partial charge is 0.353 e. The maximum Gasteiger partial charge on any atom is 0.267 e. The minimum atomic E-state index is -0.337. The molecule has 2 saturated heterocycles. The van der Waals surface area contributed by atoms with Crippen molar-refractivity contribution >= 4 is 51.7 Å². The lowest BCUT2D eigenvalue weighted by molar-refractivity contribution is -0.122. The van der Waals surface area contributed by atoms with E-state index >= 15 is 0 Å². The Morgan fingerprint density at radius 3 is 2.50 bits per heavy atom. The summed E-state index contributed by atoms with van der Waals surface area (Å²) in [4.78, 5) is 38.2. The Labute approximate surface area is 218 Å². The molecular formula is C26H26FN5O2S2. The van der Waals surface area contributed by atoms with E-state index in [0.29, 0.717) is 26.3 Å². The summed E-state index contributed by atoms with van der Waals surface area (Å²) in [5.41, 5.74) is 2.43. The van der Waals surface area contributed by atoms with Crippen molar-refractivity contribution in [1.29, 1.82) is 0 Å². The number of thiocarbonyl (C=S) groups is 1. The number of fused-ring (bicyclic) bond motifs is 1. The lowest BCUT2D eigenvalue weighted by atomic mass is 10.2. The van der Waals surface area contributed by atoms with Crippen LogP contribution in [0.25, 0.3) is 11.7 Å². The van der Waals surface area contributed by atoms with Gasteiger partial charge in [-0.05, 0) is 48.9 Å². The summed E-state index contributed by atoms with van der Waals surface area (Å²) in [6.07, 6.45) is 3.40. The number of anilines is 1. The molecule has 2 aromatic heterocycles. The first-order valence-corrected chi connectivity index (χ1v) is 13.1. The number of pyridine rings is 1. The summed E-state index contributed by atoms with van der Waals surface area (Å²) in [6, 6.07) is 9.75. The first-order chi connectivity index (χ1) is 17.3. The molecule has 0 N–H and O–H groups in total. The zero-order valence-corrected chi connectivity index (χ0v) is 21.7. The summed E-state index contributed by atoms with van der Waals surface area (Å²) >= 11 is 6.65. The van der Waals surface area contributed by atoms with E-state index < -0.39 is 0 Å². The van der Waals surface area contributed by atoms with Gasteiger partial charge in [0.25, 0.3) is 11.5 Å². The molecule has 0 unspecified atom stereocenters. The standard InChI is InChI=1S/C26H26FN5O2S2/c1-3-29-10-12-30(13-11-29)23-20(24(33)31-15-17(2)4-9-22(31)28-23)14-21-25(34)32(26(35)36-21)16-18-5-7-19(27)8-6-18/h4-9,14-15H,3,10-13,16H2,1-2H3/b21-14+. The van der Waals surface area contributed by atoms with Crippen molar-refractivity contribution < 1.29 is 9.18 Å². The van der Waals surface area contributed by atoms with Crippen molar-refractivity contribution in [1.82, 2.24) is 19.2 Å². The van der Waals surface area contributed by atoms with Gasteiger partial charge in [-0.1, -0.05) is 49.1 Å². The van der Waals surface area contributed by atoms with Gasteiger partial charge in [0.1, 0.15) is 21.6 Å². The van der Waals surface area contributed by atoms with Crippen molar-refractivity contribution in [3.05, 3.63) is 80.4 Å². The normalized spacial score (nSPS) is 18.1. The van der Waals surface area contributed by atoms with E-state index in [1.165, 1.54) is 33.2 Å². The van der Waals surface area contributed by atoms with E-state index in [4.69, 9.17) is 17.2 Å². The van der Waals surface area contributed by atoms with Crippen LogP contribution in [0.5, 0.6) is 0 Å². The van der Waals surface area contributed by atoms with Gasteiger partial charge in [0.2, 0.25) is 0 Å². The highest BCUT2D eigenvalue weighted by Gasteiger charge is 2.33. The van der Waals surface area contributed by atoms with E-state index in [0.717, 1.165) is 43.9 Å². The number of thioether (sulfide) groups is 1. The van der Waals surface area contributed by atoms with E-state index in [9.17, 15) is 14.0 Å².